The van der Waals surface area contributed by atoms with Crippen LogP contribution >= 0.6 is 0 Å². The molecule has 5 nitrogen and oxygen atoms in total. The summed E-state index contributed by atoms with van der Waals surface area (Å²) >= 11 is 0. The molecule has 0 bridgehead atoms. The molecular formula is C15H24N4O. The highest BCUT2D eigenvalue weighted by Crippen LogP contribution is 2.26. The first-order valence-electron chi connectivity index (χ1n) is 7.15. The second-order valence-electron chi connectivity index (χ2n) is 6.17. The molecule has 0 fully saturated rings. The molecule has 1 atom stereocenters. The lowest BCUT2D eigenvalue weighted by Gasteiger charge is -2.14. The van der Waals surface area contributed by atoms with Crippen LogP contribution in [0.1, 0.15) is 58.7 Å². The molecule has 5 heteroatoms. The first kappa shape index (κ1) is 14.6. The number of hydrogen-bond acceptors (Lipinski definition) is 4. The maximum atomic E-state index is 5.84. The molecule has 0 saturated heterocycles. The molecule has 0 aliphatic carbocycles. The lowest BCUT2D eigenvalue weighted by molar-refractivity contribution is 0.374. The number of rotatable bonds is 5. The summed E-state index contributed by atoms with van der Waals surface area (Å²) in [5.41, 5.74) is 0.971. The van der Waals surface area contributed by atoms with Crippen LogP contribution in [0.2, 0.25) is 0 Å². The molecule has 20 heavy (non-hydrogen) atoms. The normalized spacial score (nSPS) is 13.4. The summed E-state index contributed by atoms with van der Waals surface area (Å²) in [4.78, 5) is 4.37. The lowest BCUT2D eigenvalue weighted by Crippen LogP contribution is -2.10. The number of nitrogens with zero attached hydrogens (tertiary/aromatic N) is 3. The van der Waals surface area contributed by atoms with Crippen molar-refractivity contribution in [3.05, 3.63) is 30.2 Å². The first-order valence-corrected chi connectivity index (χ1v) is 7.15. The van der Waals surface area contributed by atoms with Crippen LogP contribution in [0.3, 0.4) is 0 Å². The number of aromatic nitrogens is 3. The summed E-state index contributed by atoms with van der Waals surface area (Å²) in [5.74, 6) is 1.61. The predicted molar refractivity (Wildman–Crippen MR) is 79.8 cm³/mol. The summed E-state index contributed by atoms with van der Waals surface area (Å²) in [7, 11) is 0. The Balaban J connectivity index is 2.03. The van der Waals surface area contributed by atoms with E-state index in [0.717, 1.165) is 24.4 Å². The summed E-state index contributed by atoms with van der Waals surface area (Å²) < 4.78 is 7.77. The van der Waals surface area contributed by atoms with Gasteiger partial charge in [0.2, 0.25) is 5.89 Å². The van der Waals surface area contributed by atoms with E-state index in [9.17, 15) is 0 Å². The lowest BCUT2D eigenvalue weighted by atomic mass is 9.94. The van der Waals surface area contributed by atoms with Gasteiger partial charge in [0.05, 0.1) is 18.1 Å². The van der Waals surface area contributed by atoms with E-state index >= 15 is 0 Å². The zero-order chi connectivity index (χ0) is 14.8. The summed E-state index contributed by atoms with van der Waals surface area (Å²) in [6.07, 6.45) is 6.73. The Kier molecular flexibility index (Phi) is 4.16. The van der Waals surface area contributed by atoms with Crippen LogP contribution in [-0.2, 0) is 12.0 Å². The van der Waals surface area contributed by atoms with Gasteiger partial charge < -0.3 is 9.73 Å². The molecule has 0 aliphatic heterocycles. The van der Waals surface area contributed by atoms with Crippen molar-refractivity contribution < 1.29 is 4.42 Å². The zero-order valence-corrected chi connectivity index (χ0v) is 13.0. The smallest absolute Gasteiger partial charge is 0.216 e. The molecule has 0 amide bonds. The Morgan fingerprint density at radius 3 is 2.70 bits per heavy atom. The van der Waals surface area contributed by atoms with Crippen molar-refractivity contribution in [3.63, 3.8) is 0 Å². The quantitative estimate of drug-likeness (QED) is 0.903. The minimum absolute atomic E-state index is 0.0169. The highest BCUT2D eigenvalue weighted by Gasteiger charge is 2.21. The van der Waals surface area contributed by atoms with Crippen molar-refractivity contribution in [2.24, 2.45) is 0 Å². The number of oxazole rings is 1. The monoisotopic (exact) mass is 276 g/mol. The molecule has 2 heterocycles. The number of hydrogen-bond donors (Lipinski definition) is 1. The van der Waals surface area contributed by atoms with Crippen molar-refractivity contribution in [1.82, 2.24) is 14.8 Å². The highest BCUT2D eigenvalue weighted by atomic mass is 16.4. The van der Waals surface area contributed by atoms with E-state index in [-0.39, 0.29) is 11.5 Å². The van der Waals surface area contributed by atoms with Crippen molar-refractivity contribution in [1.29, 1.82) is 0 Å². The molecule has 0 spiro atoms. The van der Waals surface area contributed by atoms with Gasteiger partial charge in [-0.15, -0.1) is 0 Å². The van der Waals surface area contributed by atoms with Crippen molar-refractivity contribution in [2.45, 2.75) is 59.0 Å². The first-order chi connectivity index (χ1) is 9.40. The van der Waals surface area contributed by atoms with E-state index in [1.807, 2.05) is 30.2 Å². The van der Waals surface area contributed by atoms with E-state index < -0.39 is 0 Å². The third-order valence-electron chi connectivity index (χ3n) is 3.10. The van der Waals surface area contributed by atoms with Gasteiger partial charge in [0.25, 0.3) is 0 Å². The van der Waals surface area contributed by atoms with E-state index in [1.165, 1.54) is 0 Å². The van der Waals surface area contributed by atoms with Crippen LogP contribution in [0.5, 0.6) is 0 Å². The van der Waals surface area contributed by atoms with Gasteiger partial charge in [0, 0.05) is 18.2 Å². The molecule has 2 aromatic rings. The second kappa shape index (κ2) is 5.69. The fourth-order valence-corrected chi connectivity index (χ4v) is 1.94. The Morgan fingerprint density at radius 1 is 1.35 bits per heavy atom. The van der Waals surface area contributed by atoms with Crippen LogP contribution in [-0.4, -0.2) is 14.8 Å². The van der Waals surface area contributed by atoms with Gasteiger partial charge in [0.15, 0.2) is 0 Å². The molecule has 0 unspecified atom stereocenters. The highest BCUT2D eigenvalue weighted by molar-refractivity contribution is 5.39. The summed E-state index contributed by atoms with van der Waals surface area (Å²) in [5, 5.41) is 7.66. The van der Waals surface area contributed by atoms with Crippen LogP contribution < -0.4 is 5.32 Å². The fraction of sp³-hybridized carbons (Fsp3) is 0.600. The van der Waals surface area contributed by atoms with Crippen LogP contribution in [0.25, 0.3) is 0 Å². The third-order valence-corrected chi connectivity index (χ3v) is 3.10. The van der Waals surface area contributed by atoms with Gasteiger partial charge in [-0.05, 0) is 13.3 Å². The maximum absolute atomic E-state index is 5.84. The van der Waals surface area contributed by atoms with Crippen molar-refractivity contribution >= 4 is 5.69 Å². The fourth-order valence-electron chi connectivity index (χ4n) is 1.94. The number of anilines is 1. The average Bonchev–Trinajstić information content (AvgIpc) is 2.97. The Morgan fingerprint density at radius 2 is 2.10 bits per heavy atom. The number of nitrogens with one attached hydrogen (secondary N) is 1. The van der Waals surface area contributed by atoms with Gasteiger partial charge in [-0.25, -0.2) is 4.98 Å². The molecule has 0 radical (unpaired) electrons. The molecule has 0 aromatic carbocycles. The van der Waals surface area contributed by atoms with Gasteiger partial charge in [0.1, 0.15) is 11.8 Å². The van der Waals surface area contributed by atoms with E-state index in [4.69, 9.17) is 4.42 Å². The molecule has 110 valence electrons. The summed E-state index contributed by atoms with van der Waals surface area (Å²) in [6.45, 7) is 11.5. The van der Waals surface area contributed by atoms with E-state index in [0.29, 0.717) is 5.89 Å². The van der Waals surface area contributed by atoms with Crippen molar-refractivity contribution in [2.75, 3.05) is 5.32 Å². The van der Waals surface area contributed by atoms with Gasteiger partial charge >= 0.3 is 0 Å². The van der Waals surface area contributed by atoms with Crippen LogP contribution in [0, 0.1) is 0 Å². The SMILES string of the molecule is CCCn1cc(N[C@H](C)c2ncc(C(C)(C)C)o2)cn1. The minimum Gasteiger partial charge on any atom is -0.443 e. The molecule has 2 rings (SSSR count). The number of aryl methyl sites for hydroxylation is 1. The standard InChI is InChI=1S/C15H24N4O/c1-6-7-19-10-12(8-17-19)18-11(2)14-16-9-13(20-14)15(3,4)5/h8-11,18H,6-7H2,1-5H3/t11-/m1/s1. The summed E-state index contributed by atoms with van der Waals surface area (Å²) in [6, 6.07) is 0.0189. The van der Waals surface area contributed by atoms with Crippen molar-refractivity contribution in [3.8, 4) is 0 Å². The average molecular weight is 276 g/mol. The Bertz CT molecular complexity index is 550. The molecule has 2 aromatic heterocycles. The van der Waals surface area contributed by atoms with E-state index in [1.54, 1.807) is 0 Å². The largest absolute Gasteiger partial charge is 0.443 e. The van der Waals surface area contributed by atoms with Gasteiger partial charge in [-0.1, -0.05) is 27.7 Å². The third kappa shape index (κ3) is 3.40. The maximum Gasteiger partial charge on any atom is 0.216 e. The Hall–Kier alpha value is -1.78. The van der Waals surface area contributed by atoms with Crippen LogP contribution in [0.4, 0.5) is 5.69 Å². The molecule has 0 saturated carbocycles. The van der Waals surface area contributed by atoms with Gasteiger partial charge in [-0.3, -0.25) is 4.68 Å². The molecule has 0 aliphatic rings. The van der Waals surface area contributed by atoms with Gasteiger partial charge in [-0.2, -0.15) is 5.10 Å². The molecular weight excluding hydrogens is 252 g/mol. The Labute approximate surface area is 120 Å². The second-order valence-corrected chi connectivity index (χ2v) is 6.17. The molecule has 1 N–H and O–H groups in total. The van der Waals surface area contributed by atoms with E-state index in [2.05, 4.69) is 43.1 Å². The predicted octanol–water partition coefficient (Wildman–Crippen LogP) is 3.75. The topological polar surface area (TPSA) is 55.9 Å². The van der Waals surface area contributed by atoms with Crippen LogP contribution in [0.15, 0.2) is 23.0 Å². The zero-order valence-electron chi connectivity index (χ0n) is 13.0. The minimum atomic E-state index is -0.0169.